The zero-order valence-electron chi connectivity index (χ0n) is 17.8. The van der Waals surface area contributed by atoms with Gasteiger partial charge in [0.1, 0.15) is 12.6 Å². The Morgan fingerprint density at radius 2 is 1.37 bits per heavy atom. The van der Waals surface area contributed by atoms with Crippen molar-refractivity contribution in [2.45, 2.75) is 77.2 Å². The number of rotatable bonds is 15. The number of phenolic OH excluding ortho intramolecular Hbond substituents is 3. The summed E-state index contributed by atoms with van der Waals surface area (Å²) in [7, 11) is 0. The third kappa shape index (κ3) is 9.82. The molecule has 0 spiro atoms. The fraction of sp³-hybridized carbons (Fsp3) is 0.636. The predicted molar refractivity (Wildman–Crippen MR) is 112 cm³/mol. The van der Waals surface area contributed by atoms with Gasteiger partial charge in [-0.3, -0.25) is 4.79 Å². The van der Waals surface area contributed by atoms with Crippen LogP contribution < -0.4 is 5.73 Å². The summed E-state index contributed by atoms with van der Waals surface area (Å²) in [5, 5.41) is 28.1. The summed E-state index contributed by atoms with van der Waals surface area (Å²) in [4.78, 5) is 23.8. The summed E-state index contributed by atoms with van der Waals surface area (Å²) in [6.07, 6.45) is 11.8. The molecular formula is C22H35NO7. The molecule has 0 aliphatic carbocycles. The number of ether oxygens (including phenoxy) is 2. The van der Waals surface area contributed by atoms with Gasteiger partial charge in [0, 0.05) is 0 Å². The topological polar surface area (TPSA) is 139 Å². The van der Waals surface area contributed by atoms with E-state index in [1.165, 1.54) is 44.9 Å². The van der Waals surface area contributed by atoms with Crippen LogP contribution in [0.1, 0.15) is 81.5 Å². The lowest BCUT2D eigenvalue weighted by Crippen LogP contribution is -2.37. The molecule has 8 heteroatoms. The first-order valence-electron chi connectivity index (χ1n) is 10.7. The monoisotopic (exact) mass is 425 g/mol. The molecule has 8 nitrogen and oxygen atoms in total. The lowest BCUT2D eigenvalue weighted by atomic mass is 10.1. The fourth-order valence-electron chi connectivity index (χ4n) is 2.91. The third-order valence-corrected chi connectivity index (χ3v) is 4.74. The summed E-state index contributed by atoms with van der Waals surface area (Å²) in [6.45, 7) is 2.08. The molecule has 170 valence electrons. The van der Waals surface area contributed by atoms with Crippen LogP contribution >= 0.6 is 0 Å². The molecule has 0 heterocycles. The van der Waals surface area contributed by atoms with E-state index in [0.29, 0.717) is 0 Å². The highest BCUT2D eigenvalue weighted by atomic mass is 16.6. The number of hydrogen-bond donors (Lipinski definition) is 4. The van der Waals surface area contributed by atoms with Crippen LogP contribution in [0.15, 0.2) is 12.1 Å². The molecule has 0 radical (unpaired) electrons. The van der Waals surface area contributed by atoms with E-state index in [-0.39, 0.29) is 12.2 Å². The van der Waals surface area contributed by atoms with Gasteiger partial charge in [-0.25, -0.2) is 4.79 Å². The largest absolute Gasteiger partial charge is 0.504 e. The van der Waals surface area contributed by atoms with Crippen LogP contribution in [0.2, 0.25) is 0 Å². The van der Waals surface area contributed by atoms with Crippen molar-refractivity contribution in [3.63, 3.8) is 0 Å². The number of carbonyl (C=O) groups is 2. The molecule has 0 bridgehead atoms. The Balaban J connectivity index is 2.13. The smallest absolute Gasteiger partial charge is 0.338 e. The molecule has 0 aliphatic rings. The average Bonchev–Trinajstić information content (AvgIpc) is 2.73. The zero-order chi connectivity index (χ0) is 22.4. The maximum Gasteiger partial charge on any atom is 0.338 e. The van der Waals surface area contributed by atoms with Crippen molar-refractivity contribution in [1.29, 1.82) is 0 Å². The van der Waals surface area contributed by atoms with Crippen LogP contribution in [0, 0.1) is 0 Å². The summed E-state index contributed by atoms with van der Waals surface area (Å²) in [5.74, 6) is -3.63. The molecule has 1 rings (SSSR count). The minimum atomic E-state index is -1.13. The highest BCUT2D eigenvalue weighted by molar-refractivity contribution is 5.91. The molecule has 0 aromatic heterocycles. The molecule has 0 aliphatic heterocycles. The normalized spacial score (nSPS) is 11.8. The van der Waals surface area contributed by atoms with Gasteiger partial charge in [0.25, 0.3) is 0 Å². The number of phenols is 3. The van der Waals surface area contributed by atoms with Crippen molar-refractivity contribution in [1.82, 2.24) is 0 Å². The maximum absolute atomic E-state index is 11.9. The van der Waals surface area contributed by atoms with Crippen LogP contribution in [0.4, 0.5) is 0 Å². The van der Waals surface area contributed by atoms with Crippen molar-refractivity contribution < 1.29 is 34.4 Å². The minimum Gasteiger partial charge on any atom is -0.504 e. The van der Waals surface area contributed by atoms with E-state index in [1.807, 2.05) is 0 Å². The Labute approximate surface area is 178 Å². The second-order valence-corrected chi connectivity index (χ2v) is 7.42. The van der Waals surface area contributed by atoms with E-state index in [9.17, 15) is 24.9 Å². The van der Waals surface area contributed by atoms with Gasteiger partial charge in [-0.05, 0) is 18.6 Å². The van der Waals surface area contributed by atoms with Gasteiger partial charge in [-0.1, -0.05) is 64.7 Å². The summed E-state index contributed by atoms with van der Waals surface area (Å²) in [5.41, 5.74) is 5.48. The van der Waals surface area contributed by atoms with Crippen LogP contribution in [0.25, 0.3) is 0 Å². The molecular weight excluding hydrogens is 390 g/mol. The first kappa shape index (κ1) is 25.6. The van der Waals surface area contributed by atoms with Crippen LogP contribution in [-0.4, -0.2) is 46.5 Å². The highest BCUT2D eigenvalue weighted by Gasteiger charge is 2.19. The van der Waals surface area contributed by atoms with Crippen LogP contribution in [0.5, 0.6) is 17.2 Å². The van der Waals surface area contributed by atoms with E-state index in [4.69, 9.17) is 15.2 Å². The lowest BCUT2D eigenvalue weighted by Gasteiger charge is -2.12. The van der Waals surface area contributed by atoms with Gasteiger partial charge in [0.05, 0.1) is 12.2 Å². The Morgan fingerprint density at radius 1 is 0.867 bits per heavy atom. The summed E-state index contributed by atoms with van der Waals surface area (Å²) < 4.78 is 10.00. The van der Waals surface area contributed by atoms with Crippen molar-refractivity contribution in [2.75, 3.05) is 13.2 Å². The zero-order valence-corrected chi connectivity index (χ0v) is 17.8. The molecule has 0 fully saturated rings. The molecule has 0 saturated heterocycles. The Kier molecular flexibility index (Phi) is 12.3. The van der Waals surface area contributed by atoms with Gasteiger partial charge in [-0.2, -0.15) is 0 Å². The van der Waals surface area contributed by atoms with E-state index in [0.717, 1.165) is 31.4 Å². The van der Waals surface area contributed by atoms with Crippen molar-refractivity contribution in [3.8, 4) is 17.2 Å². The fourth-order valence-corrected chi connectivity index (χ4v) is 2.91. The number of unbranched alkanes of at least 4 members (excludes halogenated alkanes) is 9. The summed E-state index contributed by atoms with van der Waals surface area (Å²) >= 11 is 0. The molecule has 30 heavy (non-hydrogen) atoms. The second-order valence-electron chi connectivity index (χ2n) is 7.42. The van der Waals surface area contributed by atoms with Gasteiger partial charge in [0.15, 0.2) is 17.2 Å². The van der Waals surface area contributed by atoms with E-state index < -0.39 is 41.8 Å². The summed E-state index contributed by atoms with van der Waals surface area (Å²) in [6, 6.07) is 0.746. The molecule has 0 amide bonds. The van der Waals surface area contributed by atoms with Gasteiger partial charge < -0.3 is 30.5 Å². The lowest BCUT2D eigenvalue weighted by molar-refractivity contribution is -0.146. The van der Waals surface area contributed by atoms with Crippen LogP contribution in [-0.2, 0) is 14.3 Å². The third-order valence-electron chi connectivity index (χ3n) is 4.74. The van der Waals surface area contributed by atoms with Crippen molar-refractivity contribution in [2.24, 2.45) is 5.73 Å². The van der Waals surface area contributed by atoms with E-state index >= 15 is 0 Å². The van der Waals surface area contributed by atoms with E-state index in [2.05, 4.69) is 6.92 Å². The number of esters is 2. The quantitative estimate of drug-likeness (QED) is 0.189. The van der Waals surface area contributed by atoms with Gasteiger partial charge in [-0.15, -0.1) is 0 Å². The Morgan fingerprint density at radius 3 is 1.90 bits per heavy atom. The van der Waals surface area contributed by atoms with Crippen LogP contribution in [0.3, 0.4) is 0 Å². The number of nitrogens with two attached hydrogens (primary N) is 1. The highest BCUT2D eigenvalue weighted by Crippen LogP contribution is 2.35. The molecule has 1 atom stereocenters. The predicted octanol–water partition coefficient (Wildman–Crippen LogP) is 3.75. The second kappa shape index (κ2) is 14.5. The molecule has 1 aromatic carbocycles. The number of benzene rings is 1. The van der Waals surface area contributed by atoms with Crippen molar-refractivity contribution >= 4 is 11.9 Å². The molecule has 0 saturated carbocycles. The maximum atomic E-state index is 11.9. The van der Waals surface area contributed by atoms with Gasteiger partial charge >= 0.3 is 11.9 Å². The SMILES string of the molecule is CCCCCCCCCCCCOC(=O)[C@@H](N)COC(=O)c1cc(O)c(O)c(O)c1. The molecule has 0 unspecified atom stereocenters. The Hall–Kier alpha value is -2.48. The average molecular weight is 426 g/mol. The molecule has 1 aromatic rings. The Bertz CT molecular complexity index is 640. The standard InChI is InChI=1S/C22H35NO7/c1-2-3-4-5-6-7-8-9-10-11-12-29-22(28)17(23)15-30-21(27)16-13-18(24)20(26)19(25)14-16/h13-14,17,24-26H,2-12,15,23H2,1H3/t17-/m0/s1. The van der Waals surface area contributed by atoms with Crippen molar-refractivity contribution in [3.05, 3.63) is 17.7 Å². The van der Waals surface area contributed by atoms with E-state index in [1.54, 1.807) is 0 Å². The minimum absolute atomic E-state index is 0.186. The number of aromatic hydroxyl groups is 3. The molecule has 5 N–H and O–H groups in total. The first-order valence-corrected chi connectivity index (χ1v) is 10.7. The van der Waals surface area contributed by atoms with Gasteiger partial charge in [0.2, 0.25) is 0 Å². The number of carbonyl (C=O) groups excluding carboxylic acids is 2. The first-order chi connectivity index (χ1) is 14.4. The number of hydrogen-bond acceptors (Lipinski definition) is 8.